The summed E-state index contributed by atoms with van der Waals surface area (Å²) in [6.45, 7) is 4.82. The van der Waals surface area contributed by atoms with Crippen LogP contribution in [0, 0.1) is 11.6 Å². The molecule has 3 aromatic rings. The lowest BCUT2D eigenvalue weighted by Crippen LogP contribution is -2.02. The van der Waals surface area contributed by atoms with E-state index >= 15 is 0 Å². The summed E-state index contributed by atoms with van der Waals surface area (Å²) in [5, 5.41) is 0. The normalized spacial score (nSPS) is 11.4. The number of halogens is 2. The van der Waals surface area contributed by atoms with Gasteiger partial charge in [0.15, 0.2) is 17.4 Å². The molecule has 204 valence electrons. The maximum absolute atomic E-state index is 14.7. The highest BCUT2D eigenvalue weighted by Crippen LogP contribution is 2.39. The molecule has 0 unspecified atom stereocenters. The molecule has 0 N–H and O–H groups in total. The summed E-state index contributed by atoms with van der Waals surface area (Å²) >= 11 is 3.40. The maximum Gasteiger partial charge on any atom is 0.190 e. The Hall–Kier alpha value is -1.72. The van der Waals surface area contributed by atoms with Gasteiger partial charge in [-0.25, -0.2) is 8.78 Å². The molecule has 1 nitrogen and oxygen atoms in total. The molecule has 0 aliphatic rings. The molecule has 0 aliphatic carbocycles. The standard InChI is InChI=1S/C32H44F2OS2/c1-3-5-7-9-10-11-12-13-14-16-22-35-32-27(33)23-25(24-28(32)34)29-20-21-31(37-29)30-19-18-26(36-30)17-15-8-6-4-2/h18-21,23-24H,3-17,22H2,1-2H3. The van der Waals surface area contributed by atoms with Crippen LogP contribution in [-0.4, -0.2) is 6.61 Å². The van der Waals surface area contributed by atoms with Crippen molar-refractivity contribution in [2.75, 3.05) is 6.61 Å². The first-order valence-corrected chi connectivity index (χ1v) is 16.1. The van der Waals surface area contributed by atoms with E-state index in [0.29, 0.717) is 12.2 Å². The molecule has 0 saturated carbocycles. The van der Waals surface area contributed by atoms with E-state index in [0.717, 1.165) is 35.4 Å². The summed E-state index contributed by atoms with van der Waals surface area (Å²) in [6, 6.07) is 11.2. The summed E-state index contributed by atoms with van der Waals surface area (Å²) < 4.78 is 35.0. The lowest BCUT2D eigenvalue weighted by molar-refractivity contribution is 0.275. The van der Waals surface area contributed by atoms with Gasteiger partial charge in [0.05, 0.1) is 6.61 Å². The van der Waals surface area contributed by atoms with Gasteiger partial charge in [-0.3, -0.25) is 0 Å². The van der Waals surface area contributed by atoms with Crippen LogP contribution in [0.5, 0.6) is 5.75 Å². The first-order chi connectivity index (χ1) is 18.1. The molecule has 0 radical (unpaired) electrons. The van der Waals surface area contributed by atoms with Gasteiger partial charge in [-0.15, -0.1) is 22.7 Å². The Labute approximate surface area is 231 Å². The minimum Gasteiger partial charge on any atom is -0.488 e. The molecule has 2 heterocycles. The van der Waals surface area contributed by atoms with Crippen LogP contribution >= 0.6 is 22.7 Å². The van der Waals surface area contributed by atoms with Gasteiger partial charge in [0, 0.05) is 19.5 Å². The Morgan fingerprint density at radius 2 is 1.11 bits per heavy atom. The second-order valence-electron chi connectivity index (χ2n) is 10.0. The molecule has 0 fully saturated rings. The van der Waals surface area contributed by atoms with Crippen molar-refractivity contribution in [3.8, 4) is 25.9 Å². The monoisotopic (exact) mass is 546 g/mol. The van der Waals surface area contributed by atoms with Gasteiger partial charge in [-0.2, -0.15) is 0 Å². The first kappa shape index (κ1) is 29.8. The van der Waals surface area contributed by atoms with Crippen molar-refractivity contribution in [1.29, 1.82) is 0 Å². The summed E-state index contributed by atoms with van der Waals surface area (Å²) in [7, 11) is 0. The third kappa shape index (κ3) is 10.2. The van der Waals surface area contributed by atoms with Gasteiger partial charge < -0.3 is 4.74 Å². The fourth-order valence-corrected chi connectivity index (χ4v) is 6.73. The molecule has 0 aliphatic heterocycles. The fourth-order valence-electron chi connectivity index (χ4n) is 4.60. The lowest BCUT2D eigenvalue weighted by Gasteiger charge is -2.10. The van der Waals surface area contributed by atoms with Crippen LogP contribution in [0.3, 0.4) is 0 Å². The molecule has 3 rings (SSSR count). The number of aryl methyl sites for hydroxylation is 1. The number of rotatable bonds is 19. The van der Waals surface area contributed by atoms with E-state index in [1.54, 1.807) is 11.3 Å². The smallest absolute Gasteiger partial charge is 0.190 e. The molecule has 5 heteroatoms. The van der Waals surface area contributed by atoms with Crippen molar-refractivity contribution < 1.29 is 13.5 Å². The molecule has 0 saturated heterocycles. The average Bonchev–Trinajstić information content (AvgIpc) is 3.56. The van der Waals surface area contributed by atoms with E-state index in [1.807, 2.05) is 17.4 Å². The Kier molecular flexibility index (Phi) is 13.7. The molecule has 0 amide bonds. The van der Waals surface area contributed by atoms with Gasteiger partial charge in [0.25, 0.3) is 0 Å². The number of hydrogen-bond donors (Lipinski definition) is 0. The van der Waals surface area contributed by atoms with Crippen molar-refractivity contribution in [3.05, 3.63) is 52.9 Å². The van der Waals surface area contributed by atoms with E-state index in [-0.39, 0.29) is 5.75 Å². The highest BCUT2D eigenvalue weighted by atomic mass is 32.1. The molecule has 0 spiro atoms. The van der Waals surface area contributed by atoms with Crippen LogP contribution in [0.4, 0.5) is 8.78 Å². The molecule has 0 bridgehead atoms. The third-order valence-corrected chi connectivity index (χ3v) is 9.29. The van der Waals surface area contributed by atoms with E-state index in [1.165, 1.54) is 92.5 Å². The highest BCUT2D eigenvalue weighted by molar-refractivity contribution is 7.23. The number of benzene rings is 1. The highest BCUT2D eigenvalue weighted by Gasteiger charge is 2.15. The Bertz CT molecular complexity index is 1020. The number of ether oxygens (including phenoxy) is 1. The zero-order chi connectivity index (χ0) is 26.3. The maximum atomic E-state index is 14.7. The summed E-state index contributed by atoms with van der Waals surface area (Å²) in [5.74, 6) is -1.49. The Morgan fingerprint density at radius 3 is 1.76 bits per heavy atom. The molecule has 37 heavy (non-hydrogen) atoms. The van der Waals surface area contributed by atoms with Crippen molar-refractivity contribution in [3.63, 3.8) is 0 Å². The van der Waals surface area contributed by atoms with E-state index in [2.05, 4.69) is 32.0 Å². The van der Waals surface area contributed by atoms with Crippen molar-refractivity contribution in [1.82, 2.24) is 0 Å². The minimum absolute atomic E-state index is 0.248. The van der Waals surface area contributed by atoms with Gasteiger partial charge in [0.1, 0.15) is 0 Å². The second kappa shape index (κ2) is 17.0. The number of thiophene rings is 2. The number of unbranched alkanes of at least 4 members (excludes halogenated alkanes) is 12. The topological polar surface area (TPSA) is 9.23 Å². The second-order valence-corrected chi connectivity index (χ2v) is 12.3. The van der Waals surface area contributed by atoms with Crippen LogP contribution in [-0.2, 0) is 6.42 Å². The van der Waals surface area contributed by atoms with E-state index in [9.17, 15) is 8.78 Å². The lowest BCUT2D eigenvalue weighted by atomic mass is 10.1. The largest absolute Gasteiger partial charge is 0.488 e. The zero-order valence-corrected chi connectivity index (χ0v) is 24.4. The first-order valence-electron chi connectivity index (χ1n) is 14.4. The third-order valence-electron chi connectivity index (χ3n) is 6.81. The van der Waals surface area contributed by atoms with Crippen molar-refractivity contribution >= 4 is 22.7 Å². The van der Waals surface area contributed by atoms with Crippen LogP contribution in [0.1, 0.15) is 109 Å². The molecule has 1 aromatic carbocycles. The number of hydrogen-bond acceptors (Lipinski definition) is 3. The van der Waals surface area contributed by atoms with Crippen molar-refractivity contribution in [2.45, 2.75) is 110 Å². The summed E-state index contributed by atoms with van der Waals surface area (Å²) in [4.78, 5) is 4.63. The van der Waals surface area contributed by atoms with Gasteiger partial charge in [-0.05, 0) is 61.2 Å². The van der Waals surface area contributed by atoms with Crippen LogP contribution < -0.4 is 4.74 Å². The summed E-state index contributed by atoms with van der Waals surface area (Å²) in [5.41, 5.74) is 0.564. The molecule has 0 atom stereocenters. The Morgan fingerprint density at radius 1 is 0.595 bits per heavy atom. The summed E-state index contributed by atoms with van der Waals surface area (Å²) in [6.07, 6.45) is 18.4. The molecular formula is C32H44F2OS2. The van der Waals surface area contributed by atoms with E-state index in [4.69, 9.17) is 4.74 Å². The van der Waals surface area contributed by atoms with Crippen LogP contribution in [0.15, 0.2) is 36.4 Å². The van der Waals surface area contributed by atoms with Crippen LogP contribution in [0.2, 0.25) is 0 Å². The molecular weight excluding hydrogens is 502 g/mol. The fraction of sp³-hybridized carbons (Fsp3) is 0.562. The van der Waals surface area contributed by atoms with Gasteiger partial charge in [-0.1, -0.05) is 90.9 Å². The Balaban J connectivity index is 1.44. The minimum atomic E-state index is -0.623. The predicted molar refractivity (Wildman–Crippen MR) is 158 cm³/mol. The predicted octanol–water partition coefficient (Wildman–Crippen LogP) is 11.8. The quantitative estimate of drug-likeness (QED) is 0.136. The molecule has 2 aromatic heterocycles. The zero-order valence-electron chi connectivity index (χ0n) is 22.8. The van der Waals surface area contributed by atoms with Crippen LogP contribution in [0.25, 0.3) is 20.2 Å². The van der Waals surface area contributed by atoms with Gasteiger partial charge >= 0.3 is 0 Å². The van der Waals surface area contributed by atoms with E-state index < -0.39 is 11.6 Å². The van der Waals surface area contributed by atoms with Gasteiger partial charge in [0.2, 0.25) is 0 Å². The SMILES string of the molecule is CCCCCCCCCCCCOc1c(F)cc(-c2ccc(-c3ccc(CCCCCC)s3)s2)cc1F. The average molecular weight is 547 g/mol. The van der Waals surface area contributed by atoms with Crippen molar-refractivity contribution in [2.24, 2.45) is 0 Å².